The number of rotatable bonds is 7. The molecule has 1 heterocycles. The monoisotopic (exact) mass is 262 g/mol. The van der Waals surface area contributed by atoms with Crippen molar-refractivity contribution in [3.05, 3.63) is 24.2 Å². The molecule has 0 aliphatic rings. The summed E-state index contributed by atoms with van der Waals surface area (Å²) in [5.74, 6) is 3.35. The van der Waals surface area contributed by atoms with Crippen LogP contribution < -0.4 is 0 Å². The van der Waals surface area contributed by atoms with E-state index in [1.54, 1.807) is 6.26 Å². The van der Waals surface area contributed by atoms with Gasteiger partial charge in [-0.25, -0.2) is 0 Å². The number of unbranched alkanes of at least 4 members (excludes halogenated alkanes) is 2. The van der Waals surface area contributed by atoms with Crippen LogP contribution in [0.1, 0.15) is 25.0 Å². The first-order valence-corrected chi connectivity index (χ1v) is 6.87. The van der Waals surface area contributed by atoms with Gasteiger partial charge in [-0.1, -0.05) is 22.4 Å². The van der Waals surface area contributed by atoms with Crippen molar-refractivity contribution in [3.63, 3.8) is 0 Å². The van der Waals surface area contributed by atoms with Crippen molar-refractivity contribution in [2.24, 2.45) is 0 Å². The summed E-state index contributed by atoms with van der Waals surface area (Å²) in [4.78, 5) is 0. The van der Waals surface area contributed by atoms with Crippen molar-refractivity contribution in [3.8, 4) is 0 Å². The minimum Gasteiger partial charge on any atom is -0.468 e. The van der Waals surface area contributed by atoms with E-state index >= 15 is 0 Å². The molecule has 0 saturated heterocycles. The Labute approximate surface area is 92.4 Å². The summed E-state index contributed by atoms with van der Waals surface area (Å²) in [5.41, 5.74) is 0. The highest BCUT2D eigenvalue weighted by molar-refractivity contribution is 9.09. The zero-order valence-corrected chi connectivity index (χ0v) is 10.1. The van der Waals surface area contributed by atoms with E-state index in [9.17, 15) is 0 Å². The van der Waals surface area contributed by atoms with Crippen molar-refractivity contribution in [2.45, 2.75) is 25.0 Å². The molecule has 74 valence electrons. The van der Waals surface area contributed by atoms with Crippen LogP contribution in [0.25, 0.3) is 0 Å². The van der Waals surface area contributed by atoms with Crippen LogP contribution in [0.3, 0.4) is 0 Å². The first-order chi connectivity index (χ1) is 6.43. The van der Waals surface area contributed by atoms with Gasteiger partial charge in [0.1, 0.15) is 5.76 Å². The Kier molecular flexibility index (Phi) is 6.46. The van der Waals surface area contributed by atoms with Gasteiger partial charge in [0.05, 0.1) is 12.0 Å². The molecule has 0 saturated carbocycles. The Morgan fingerprint density at radius 2 is 2.23 bits per heavy atom. The fourth-order valence-corrected chi connectivity index (χ4v) is 2.36. The SMILES string of the molecule is BrCCCCCSCc1ccco1. The first kappa shape index (κ1) is 11.2. The molecule has 0 aliphatic heterocycles. The van der Waals surface area contributed by atoms with Crippen molar-refractivity contribution in [2.75, 3.05) is 11.1 Å². The number of hydrogen-bond acceptors (Lipinski definition) is 2. The summed E-state index contributed by atoms with van der Waals surface area (Å²) in [6.45, 7) is 0. The summed E-state index contributed by atoms with van der Waals surface area (Å²) in [6, 6.07) is 3.98. The molecule has 0 aromatic carbocycles. The van der Waals surface area contributed by atoms with Crippen molar-refractivity contribution >= 4 is 27.7 Å². The maximum absolute atomic E-state index is 5.23. The van der Waals surface area contributed by atoms with E-state index in [2.05, 4.69) is 15.9 Å². The van der Waals surface area contributed by atoms with Gasteiger partial charge in [-0.3, -0.25) is 0 Å². The average Bonchev–Trinajstić information content (AvgIpc) is 2.63. The summed E-state index contributed by atoms with van der Waals surface area (Å²) >= 11 is 5.38. The van der Waals surface area contributed by atoms with Crippen LogP contribution in [0.4, 0.5) is 0 Å². The first-order valence-electron chi connectivity index (χ1n) is 4.59. The number of halogens is 1. The lowest BCUT2D eigenvalue weighted by atomic mass is 10.3. The Hall–Kier alpha value is 0.110. The summed E-state index contributed by atoms with van der Waals surface area (Å²) < 4.78 is 5.23. The van der Waals surface area contributed by atoms with Gasteiger partial charge in [-0.2, -0.15) is 11.8 Å². The molecular weight excluding hydrogens is 248 g/mol. The predicted octanol–water partition coefficient (Wildman–Crippen LogP) is 4.08. The summed E-state index contributed by atoms with van der Waals surface area (Å²) in [6.07, 6.45) is 5.68. The number of thioether (sulfide) groups is 1. The van der Waals surface area contributed by atoms with Gasteiger partial charge >= 0.3 is 0 Å². The van der Waals surface area contributed by atoms with Crippen molar-refractivity contribution in [1.82, 2.24) is 0 Å². The normalized spacial score (nSPS) is 10.5. The highest BCUT2D eigenvalue weighted by Gasteiger charge is 1.95. The fourth-order valence-electron chi connectivity index (χ4n) is 1.04. The minimum absolute atomic E-state index is 1.02. The van der Waals surface area contributed by atoms with Crippen LogP contribution in [-0.4, -0.2) is 11.1 Å². The molecule has 0 spiro atoms. The van der Waals surface area contributed by atoms with Gasteiger partial charge in [0.2, 0.25) is 0 Å². The third-order valence-corrected chi connectivity index (χ3v) is 3.37. The number of hydrogen-bond donors (Lipinski definition) is 0. The van der Waals surface area contributed by atoms with E-state index in [0.717, 1.165) is 16.8 Å². The molecule has 0 atom stereocenters. The topological polar surface area (TPSA) is 13.1 Å². The quantitative estimate of drug-likeness (QED) is 0.543. The van der Waals surface area contributed by atoms with Crippen LogP contribution >= 0.6 is 27.7 Å². The van der Waals surface area contributed by atoms with E-state index in [1.165, 1.54) is 25.0 Å². The van der Waals surface area contributed by atoms with Crippen LogP contribution in [0.5, 0.6) is 0 Å². The molecule has 0 amide bonds. The van der Waals surface area contributed by atoms with E-state index in [-0.39, 0.29) is 0 Å². The molecule has 13 heavy (non-hydrogen) atoms. The Balaban J connectivity index is 1.90. The highest BCUT2D eigenvalue weighted by atomic mass is 79.9. The molecular formula is C10H15BrOS. The lowest BCUT2D eigenvalue weighted by molar-refractivity contribution is 0.530. The maximum Gasteiger partial charge on any atom is 0.113 e. The molecule has 0 bridgehead atoms. The summed E-state index contributed by atoms with van der Waals surface area (Å²) in [5, 5.41) is 1.13. The molecule has 0 unspecified atom stereocenters. The van der Waals surface area contributed by atoms with Gasteiger partial charge in [0, 0.05) is 5.33 Å². The smallest absolute Gasteiger partial charge is 0.113 e. The Bertz CT molecular complexity index is 199. The fraction of sp³-hybridized carbons (Fsp3) is 0.600. The van der Waals surface area contributed by atoms with Gasteiger partial charge in [0.25, 0.3) is 0 Å². The molecule has 1 nitrogen and oxygen atoms in total. The molecule has 0 radical (unpaired) electrons. The zero-order chi connectivity index (χ0) is 9.36. The highest BCUT2D eigenvalue weighted by Crippen LogP contribution is 2.14. The zero-order valence-electron chi connectivity index (χ0n) is 7.67. The largest absolute Gasteiger partial charge is 0.468 e. The standard InChI is InChI=1S/C10H15BrOS/c11-6-2-1-3-8-13-9-10-5-4-7-12-10/h4-5,7H,1-3,6,8-9H2. The van der Waals surface area contributed by atoms with Crippen molar-refractivity contribution in [1.29, 1.82) is 0 Å². The van der Waals surface area contributed by atoms with Crippen LogP contribution in [0.2, 0.25) is 0 Å². The predicted molar refractivity (Wildman–Crippen MR) is 62.5 cm³/mol. The van der Waals surface area contributed by atoms with Crippen LogP contribution in [-0.2, 0) is 5.75 Å². The lowest BCUT2D eigenvalue weighted by Crippen LogP contribution is -1.83. The van der Waals surface area contributed by atoms with E-state index < -0.39 is 0 Å². The number of alkyl halides is 1. The van der Waals surface area contributed by atoms with E-state index in [0.29, 0.717) is 0 Å². The third-order valence-electron chi connectivity index (χ3n) is 1.75. The van der Waals surface area contributed by atoms with Gasteiger partial charge in [-0.05, 0) is 30.7 Å². The van der Waals surface area contributed by atoms with Gasteiger partial charge in [0.15, 0.2) is 0 Å². The van der Waals surface area contributed by atoms with E-state index in [1.807, 2.05) is 23.9 Å². The van der Waals surface area contributed by atoms with Crippen LogP contribution in [0, 0.1) is 0 Å². The van der Waals surface area contributed by atoms with Crippen LogP contribution in [0.15, 0.2) is 22.8 Å². The van der Waals surface area contributed by atoms with Gasteiger partial charge < -0.3 is 4.42 Å². The van der Waals surface area contributed by atoms with Gasteiger partial charge in [-0.15, -0.1) is 0 Å². The van der Waals surface area contributed by atoms with E-state index in [4.69, 9.17) is 4.42 Å². The second kappa shape index (κ2) is 7.51. The molecule has 0 N–H and O–H groups in total. The number of furan rings is 1. The molecule has 0 aliphatic carbocycles. The minimum atomic E-state index is 1.02. The Morgan fingerprint density at radius 3 is 2.92 bits per heavy atom. The molecule has 0 fully saturated rings. The second-order valence-electron chi connectivity index (χ2n) is 2.88. The maximum atomic E-state index is 5.23. The summed E-state index contributed by atoms with van der Waals surface area (Å²) in [7, 11) is 0. The molecule has 1 aromatic heterocycles. The average molecular weight is 263 g/mol. The van der Waals surface area contributed by atoms with Crippen molar-refractivity contribution < 1.29 is 4.42 Å². The lowest BCUT2D eigenvalue weighted by Gasteiger charge is -1.98. The molecule has 3 heteroatoms. The second-order valence-corrected chi connectivity index (χ2v) is 4.78. The molecule has 1 rings (SSSR count). The Morgan fingerprint density at radius 1 is 1.31 bits per heavy atom. The third kappa shape index (κ3) is 5.42. The molecule has 1 aromatic rings.